The van der Waals surface area contributed by atoms with Crippen molar-refractivity contribution in [3.8, 4) is 0 Å². The van der Waals surface area contributed by atoms with Crippen LogP contribution >= 0.6 is 11.8 Å². The molecule has 1 heterocycles. The van der Waals surface area contributed by atoms with Crippen molar-refractivity contribution in [3.63, 3.8) is 0 Å². The average Bonchev–Trinajstić information content (AvgIpc) is 2.98. The average molecular weight is 390 g/mol. The number of amides is 1. The van der Waals surface area contributed by atoms with Crippen LogP contribution in [0.1, 0.15) is 41.3 Å². The van der Waals surface area contributed by atoms with Crippen LogP contribution in [0.25, 0.3) is 0 Å². The fraction of sp³-hybridized carbons (Fsp3) is 0.208. The Morgan fingerprint density at radius 3 is 2.32 bits per heavy atom. The minimum atomic E-state index is -1.52. The first kappa shape index (κ1) is 18.8. The topological polar surface area (TPSA) is 40.5 Å². The number of rotatable bonds is 6. The van der Waals surface area contributed by atoms with Gasteiger partial charge in [0.2, 0.25) is 0 Å². The zero-order valence-corrected chi connectivity index (χ0v) is 16.7. The van der Waals surface area contributed by atoms with Crippen LogP contribution in [0.3, 0.4) is 0 Å². The maximum atomic E-state index is 13.2. The van der Waals surface area contributed by atoms with Crippen LogP contribution in [0.5, 0.6) is 0 Å². The molecule has 28 heavy (non-hydrogen) atoms. The molecule has 1 aliphatic rings. The molecule has 3 aromatic rings. The van der Waals surface area contributed by atoms with Crippen molar-refractivity contribution in [2.24, 2.45) is 0 Å². The highest BCUT2D eigenvalue weighted by Crippen LogP contribution is 2.44. The molecule has 0 spiro atoms. The minimum Gasteiger partial charge on any atom is -0.363 e. The second-order valence-corrected chi connectivity index (χ2v) is 8.09. The van der Waals surface area contributed by atoms with E-state index in [-0.39, 0.29) is 5.91 Å². The summed E-state index contributed by atoms with van der Waals surface area (Å²) in [6.45, 7) is 2.19. The van der Waals surface area contributed by atoms with Crippen molar-refractivity contribution in [2.45, 2.75) is 30.4 Å². The normalized spacial score (nSPS) is 18.4. The Morgan fingerprint density at radius 1 is 0.929 bits per heavy atom. The molecule has 1 aliphatic heterocycles. The number of fused-ring (bicyclic) bond motifs is 1. The molecule has 0 radical (unpaired) electrons. The summed E-state index contributed by atoms with van der Waals surface area (Å²) in [7, 11) is 0. The lowest BCUT2D eigenvalue weighted by Crippen LogP contribution is -2.45. The molecule has 4 heteroatoms. The number of anilines is 1. The summed E-state index contributed by atoms with van der Waals surface area (Å²) in [5, 5.41) is 11.8. The van der Waals surface area contributed by atoms with Gasteiger partial charge in [0, 0.05) is 27.3 Å². The molecule has 4 rings (SSSR count). The first-order valence-electron chi connectivity index (χ1n) is 9.61. The van der Waals surface area contributed by atoms with Crippen LogP contribution < -0.4 is 4.90 Å². The van der Waals surface area contributed by atoms with E-state index in [0.29, 0.717) is 22.4 Å². The predicted octanol–water partition coefficient (Wildman–Crippen LogP) is 5.43. The molecule has 0 aliphatic carbocycles. The first-order valence-corrected chi connectivity index (χ1v) is 10.6. The van der Waals surface area contributed by atoms with Gasteiger partial charge >= 0.3 is 0 Å². The second kappa shape index (κ2) is 7.82. The quantitative estimate of drug-likeness (QED) is 0.451. The van der Waals surface area contributed by atoms with Crippen LogP contribution in [-0.4, -0.2) is 16.8 Å². The van der Waals surface area contributed by atoms with Crippen molar-refractivity contribution >= 4 is 23.4 Å². The maximum Gasteiger partial charge on any atom is 0.261 e. The van der Waals surface area contributed by atoms with E-state index in [0.717, 1.165) is 5.75 Å². The van der Waals surface area contributed by atoms with E-state index in [9.17, 15) is 9.90 Å². The molecule has 1 N–H and O–H groups in total. The van der Waals surface area contributed by atoms with Crippen molar-refractivity contribution < 1.29 is 9.90 Å². The van der Waals surface area contributed by atoms with Crippen LogP contribution in [0.2, 0.25) is 0 Å². The van der Waals surface area contributed by atoms with Crippen molar-refractivity contribution in [1.29, 1.82) is 0 Å². The van der Waals surface area contributed by atoms with Gasteiger partial charge in [-0.15, -0.1) is 11.8 Å². The van der Waals surface area contributed by atoms with Crippen molar-refractivity contribution in [1.82, 2.24) is 0 Å². The largest absolute Gasteiger partial charge is 0.363 e. The highest BCUT2D eigenvalue weighted by atomic mass is 32.2. The van der Waals surface area contributed by atoms with Gasteiger partial charge in [-0.3, -0.25) is 9.69 Å². The summed E-state index contributed by atoms with van der Waals surface area (Å²) < 4.78 is 0. The van der Waals surface area contributed by atoms with Crippen LogP contribution in [-0.2, 0) is 5.72 Å². The summed E-state index contributed by atoms with van der Waals surface area (Å²) >= 11 is 1.81. The zero-order chi connectivity index (χ0) is 19.6. The van der Waals surface area contributed by atoms with E-state index in [1.807, 2.05) is 84.6 Å². The van der Waals surface area contributed by atoms with Gasteiger partial charge in [-0.1, -0.05) is 61.9 Å². The van der Waals surface area contributed by atoms with Crippen LogP contribution in [0.4, 0.5) is 5.69 Å². The van der Waals surface area contributed by atoms with Gasteiger partial charge in [-0.05, 0) is 42.5 Å². The van der Waals surface area contributed by atoms with Gasteiger partial charge in [0.05, 0.1) is 0 Å². The molecule has 1 amide bonds. The number of aliphatic hydroxyl groups is 1. The lowest BCUT2D eigenvalue weighted by molar-refractivity contribution is 0.0703. The summed E-state index contributed by atoms with van der Waals surface area (Å²) in [6, 6.07) is 24.6. The molecule has 0 fully saturated rings. The monoisotopic (exact) mass is 389 g/mol. The van der Waals surface area contributed by atoms with Gasteiger partial charge in [-0.2, -0.15) is 0 Å². The Hall–Kier alpha value is -2.56. The van der Waals surface area contributed by atoms with E-state index >= 15 is 0 Å². The fourth-order valence-electron chi connectivity index (χ4n) is 3.65. The Balaban J connectivity index is 1.76. The zero-order valence-electron chi connectivity index (χ0n) is 15.8. The number of carbonyl (C=O) groups excluding carboxylic acids is 1. The highest BCUT2D eigenvalue weighted by Gasteiger charge is 2.50. The number of thioether (sulfide) groups is 1. The first-order chi connectivity index (χ1) is 13.7. The third-order valence-electron chi connectivity index (χ3n) is 5.10. The van der Waals surface area contributed by atoms with Gasteiger partial charge in [0.15, 0.2) is 5.72 Å². The molecule has 0 bridgehead atoms. The minimum absolute atomic E-state index is 0.187. The maximum absolute atomic E-state index is 13.2. The van der Waals surface area contributed by atoms with Crippen molar-refractivity contribution in [2.75, 3.05) is 10.7 Å². The fourth-order valence-corrected chi connectivity index (χ4v) is 4.64. The molecular formula is C24H23NO2S. The standard InChI is InChI=1S/C24H23NO2S/c1-2-3-17-28-20-15-13-19(14-16-20)25-23(26)21-11-7-8-12-22(21)24(25,27)18-9-5-4-6-10-18/h4-16,27H,2-3,17H2,1H3/t24-/m0/s1. The van der Waals surface area contributed by atoms with E-state index in [4.69, 9.17) is 0 Å². The second-order valence-electron chi connectivity index (χ2n) is 6.92. The number of benzene rings is 3. The van der Waals surface area contributed by atoms with Crippen molar-refractivity contribution in [3.05, 3.63) is 95.6 Å². The lowest BCUT2D eigenvalue weighted by Gasteiger charge is -2.35. The molecule has 1 atom stereocenters. The molecule has 0 aromatic heterocycles. The van der Waals surface area contributed by atoms with Crippen LogP contribution in [0, 0.1) is 0 Å². The van der Waals surface area contributed by atoms with E-state index < -0.39 is 5.72 Å². The molecule has 3 aromatic carbocycles. The third-order valence-corrected chi connectivity index (χ3v) is 6.20. The van der Waals surface area contributed by atoms with Crippen LogP contribution in [0.15, 0.2) is 83.8 Å². The van der Waals surface area contributed by atoms with E-state index in [2.05, 4.69) is 6.92 Å². The number of hydrogen-bond acceptors (Lipinski definition) is 3. The van der Waals surface area contributed by atoms with Gasteiger partial charge in [-0.25, -0.2) is 0 Å². The summed E-state index contributed by atoms with van der Waals surface area (Å²) in [5.41, 5.74) is 0.996. The molecule has 0 saturated carbocycles. The van der Waals surface area contributed by atoms with Gasteiger partial charge in [0.25, 0.3) is 5.91 Å². The van der Waals surface area contributed by atoms with E-state index in [1.54, 1.807) is 6.07 Å². The highest BCUT2D eigenvalue weighted by molar-refractivity contribution is 7.99. The van der Waals surface area contributed by atoms with Gasteiger partial charge in [0.1, 0.15) is 0 Å². The summed E-state index contributed by atoms with van der Waals surface area (Å²) in [6.07, 6.45) is 2.36. The molecule has 3 nitrogen and oxygen atoms in total. The van der Waals surface area contributed by atoms with Gasteiger partial charge < -0.3 is 5.11 Å². The predicted molar refractivity (Wildman–Crippen MR) is 115 cm³/mol. The SMILES string of the molecule is CCCCSc1ccc(N2C(=O)c3ccccc3[C@@]2(O)c2ccccc2)cc1. The Morgan fingerprint density at radius 2 is 1.61 bits per heavy atom. The molecule has 142 valence electrons. The molecular weight excluding hydrogens is 366 g/mol. The summed E-state index contributed by atoms with van der Waals surface area (Å²) in [5.74, 6) is 0.895. The Labute approximate surface area is 170 Å². The smallest absolute Gasteiger partial charge is 0.261 e. The number of hydrogen-bond donors (Lipinski definition) is 1. The third kappa shape index (κ3) is 3.13. The van der Waals surface area contributed by atoms with E-state index in [1.165, 1.54) is 22.6 Å². The Kier molecular flexibility index (Phi) is 5.25. The summed E-state index contributed by atoms with van der Waals surface area (Å²) in [4.78, 5) is 15.9. The molecule has 0 unspecified atom stereocenters. The Bertz CT molecular complexity index is 971. The number of nitrogens with zero attached hydrogens (tertiary/aromatic N) is 1. The molecule has 0 saturated heterocycles. The number of carbonyl (C=O) groups is 1. The lowest BCUT2D eigenvalue weighted by atomic mass is 9.93. The number of unbranched alkanes of at least 4 members (excludes halogenated alkanes) is 1.